The van der Waals surface area contributed by atoms with Gasteiger partial charge in [-0.25, -0.2) is 0 Å². The minimum Gasteiger partial charge on any atom is -0.394 e. The molecule has 28 nitrogen and oxygen atoms in total. The third kappa shape index (κ3) is 12.6. The van der Waals surface area contributed by atoms with Crippen molar-refractivity contribution >= 4 is 0 Å². The van der Waals surface area contributed by atoms with Crippen molar-refractivity contribution in [2.75, 3.05) is 33.0 Å². The van der Waals surface area contributed by atoms with Crippen LogP contribution >= 0.6 is 0 Å². The molecule has 4 saturated carbocycles. The van der Waals surface area contributed by atoms with Crippen molar-refractivity contribution < 1.29 is 139 Å². The number of allylic oxidation sites excluding steroid dienone is 2. The summed E-state index contributed by atoms with van der Waals surface area (Å²) in [7, 11) is 0. The number of aliphatic hydroxyl groups is 18. The number of hydrogen-bond donors (Lipinski definition) is 18. The number of hydrogen-bond acceptors (Lipinski definition) is 28. The van der Waals surface area contributed by atoms with Gasteiger partial charge in [-0.05, 0) is 124 Å². The van der Waals surface area contributed by atoms with Crippen molar-refractivity contribution in [3.63, 3.8) is 0 Å². The average molecular weight is 1270 g/mol. The molecule has 28 heteroatoms. The zero-order valence-corrected chi connectivity index (χ0v) is 51.5. The second-order valence-corrected chi connectivity index (χ2v) is 28.6. The van der Waals surface area contributed by atoms with Crippen LogP contribution in [0.1, 0.15) is 113 Å². The van der Waals surface area contributed by atoms with Crippen molar-refractivity contribution in [2.45, 2.75) is 285 Å². The molecule has 9 fully saturated rings. The number of aliphatic hydroxyl groups excluding tert-OH is 18. The van der Waals surface area contributed by atoms with E-state index in [1.54, 1.807) is 0 Å². The van der Waals surface area contributed by atoms with Crippen LogP contribution in [-0.2, 0) is 47.4 Å². The van der Waals surface area contributed by atoms with Crippen molar-refractivity contribution in [3.8, 4) is 0 Å². The third-order valence-corrected chi connectivity index (χ3v) is 23.0. The lowest BCUT2D eigenvalue weighted by Gasteiger charge is -2.71. The van der Waals surface area contributed by atoms with E-state index in [-0.39, 0.29) is 29.1 Å². The molecule has 0 bridgehead atoms. The van der Waals surface area contributed by atoms with Crippen LogP contribution in [0.2, 0.25) is 0 Å². The quantitative estimate of drug-likeness (QED) is 0.0429. The predicted octanol–water partition coefficient (Wildman–Crippen LogP) is -4.38. The third-order valence-electron chi connectivity index (χ3n) is 23.0. The van der Waals surface area contributed by atoms with Gasteiger partial charge in [0.1, 0.15) is 122 Å². The van der Waals surface area contributed by atoms with E-state index in [0.717, 1.165) is 18.4 Å². The largest absolute Gasteiger partial charge is 0.394 e. The fourth-order valence-electron chi connectivity index (χ4n) is 17.7. The molecule has 9 aliphatic rings. The molecule has 510 valence electrons. The molecule has 18 N–H and O–H groups in total. The Morgan fingerprint density at radius 1 is 0.477 bits per heavy atom. The van der Waals surface area contributed by atoms with Crippen molar-refractivity contribution in [3.05, 3.63) is 11.6 Å². The summed E-state index contributed by atoms with van der Waals surface area (Å²) in [5, 5.41) is 196. The van der Waals surface area contributed by atoms with E-state index in [1.807, 2.05) is 20.8 Å². The molecule has 88 heavy (non-hydrogen) atoms. The first kappa shape index (κ1) is 70.9. The first-order valence-electron chi connectivity index (χ1n) is 31.4. The Balaban J connectivity index is 0.935. The SMILES string of the molecule is CC(C)=CCC[C@](C)(O[C@@H]1O[C@H](CO[C@H]2O[C@@H](CO)[C@H](O)[C@@H](O)[C@H]2O)[C@H](O)[C@@H](O)[C@H]1O)[C@@H]1CC[C@@]2(C)[C@@H]1[C@H](O)C[C@@H]1[C@]3(C)CC[C@H](O[C@@H]4O[C@H](CO)[C@@H](O)[C@H](O)[C@H]4O[C@@H]4O[C@@H](CO)[C@H](O)[C@@H](O)[C@@H]4O[C@H]4O[C@H](CO)[C@H](O)[C@H](O)[C@H]4O)C(C)(C)[C@@H]3CC[C@]12C. The summed E-state index contributed by atoms with van der Waals surface area (Å²) < 4.78 is 61.2. The van der Waals surface area contributed by atoms with Crippen molar-refractivity contribution in [1.29, 1.82) is 0 Å². The molecular weight excluding hydrogens is 1170 g/mol. The molecule has 0 radical (unpaired) electrons. The second kappa shape index (κ2) is 27.4. The highest BCUT2D eigenvalue weighted by Gasteiger charge is 2.72. The van der Waals surface area contributed by atoms with Crippen LogP contribution in [-0.4, -0.2) is 296 Å². The van der Waals surface area contributed by atoms with Gasteiger partial charge in [0.15, 0.2) is 31.5 Å². The van der Waals surface area contributed by atoms with Gasteiger partial charge < -0.3 is 139 Å². The molecule has 0 aromatic rings. The van der Waals surface area contributed by atoms with E-state index < -0.39 is 221 Å². The molecule has 5 aliphatic heterocycles. The first-order chi connectivity index (χ1) is 41.3. The Hall–Kier alpha value is -1.38. The Kier molecular flexibility index (Phi) is 22.1. The van der Waals surface area contributed by atoms with E-state index in [9.17, 15) is 91.9 Å². The summed E-state index contributed by atoms with van der Waals surface area (Å²) in [6.07, 6.45) is -36.5. The van der Waals surface area contributed by atoms with Crippen LogP contribution in [0.25, 0.3) is 0 Å². The molecular formula is C60H102O28. The maximum atomic E-state index is 13.0. The Labute approximate surface area is 512 Å². The van der Waals surface area contributed by atoms with E-state index in [0.29, 0.717) is 44.9 Å². The smallest absolute Gasteiger partial charge is 0.187 e. The van der Waals surface area contributed by atoms with Crippen LogP contribution in [0, 0.1) is 45.3 Å². The van der Waals surface area contributed by atoms with Gasteiger partial charge in [-0.2, -0.15) is 0 Å². The molecule has 0 aromatic heterocycles. The lowest BCUT2D eigenvalue weighted by molar-refractivity contribution is -0.398. The number of rotatable bonds is 19. The van der Waals surface area contributed by atoms with Crippen molar-refractivity contribution in [2.24, 2.45) is 45.3 Å². The van der Waals surface area contributed by atoms with Crippen LogP contribution in [0.3, 0.4) is 0 Å². The van der Waals surface area contributed by atoms with Crippen LogP contribution in [0.15, 0.2) is 11.6 Å². The summed E-state index contributed by atoms with van der Waals surface area (Å²) >= 11 is 0. The zero-order chi connectivity index (χ0) is 64.7. The lowest BCUT2D eigenvalue weighted by Crippen LogP contribution is -2.68. The molecule has 0 spiro atoms. The monoisotopic (exact) mass is 1270 g/mol. The fourth-order valence-corrected chi connectivity index (χ4v) is 17.7. The van der Waals surface area contributed by atoms with Gasteiger partial charge in [0.2, 0.25) is 0 Å². The highest BCUT2D eigenvalue weighted by atomic mass is 16.8. The number of fused-ring (bicyclic) bond motifs is 5. The number of ether oxygens (including phenoxy) is 10. The summed E-state index contributed by atoms with van der Waals surface area (Å²) in [6.45, 7) is 13.3. The summed E-state index contributed by atoms with van der Waals surface area (Å²) in [5.41, 5.74) is -1.95. The predicted molar refractivity (Wildman–Crippen MR) is 299 cm³/mol. The van der Waals surface area contributed by atoms with E-state index in [1.165, 1.54) is 0 Å². The van der Waals surface area contributed by atoms with Gasteiger partial charge in [0.25, 0.3) is 0 Å². The highest BCUT2D eigenvalue weighted by molar-refractivity contribution is 5.21. The minimum absolute atomic E-state index is 0.0282. The van der Waals surface area contributed by atoms with Crippen molar-refractivity contribution in [1.82, 2.24) is 0 Å². The Morgan fingerprint density at radius 3 is 1.45 bits per heavy atom. The normalized spacial score (nSPS) is 52.9. The second-order valence-electron chi connectivity index (χ2n) is 28.6. The minimum atomic E-state index is -1.97. The molecule has 9 rings (SSSR count). The maximum absolute atomic E-state index is 13.0. The van der Waals surface area contributed by atoms with E-state index in [4.69, 9.17) is 47.4 Å². The van der Waals surface area contributed by atoms with Gasteiger partial charge in [-0.1, -0.05) is 46.3 Å². The van der Waals surface area contributed by atoms with E-state index in [2.05, 4.69) is 40.7 Å². The van der Waals surface area contributed by atoms with Crippen LogP contribution < -0.4 is 0 Å². The summed E-state index contributed by atoms with van der Waals surface area (Å²) in [4.78, 5) is 0. The highest BCUT2D eigenvalue weighted by Crippen LogP contribution is 2.76. The Morgan fingerprint density at radius 2 is 0.920 bits per heavy atom. The topological polar surface area (TPSA) is 456 Å². The molecule has 4 aliphatic carbocycles. The molecule has 0 amide bonds. The molecule has 5 saturated heterocycles. The standard InChI is InChI=1S/C60H102O28/c1-24(2)10-9-14-60(8,88-53-48(78)43(73)40(70)31(84-53)23-79-51-46(76)41(71)36(66)27(19-61)80-51)25-11-16-59(7)35(25)26(65)18-33-57(5)15-13-34(56(3,4)32(57)12-17-58(33,59)6)85-54-49(44(74)38(68)29(21-63)82-54)87-55-50(45(75)39(69)30(22-64)83-55)86-52-47(77)42(72)37(67)28(20-62)81-52/h10,25-55,61-78H,9,11-23H2,1-8H3/t25-,26-,27+,28-,29-,30+,31-,32+,33-,34+,35+,36+,37+,38-,39+,40+,41-,42+,43-,44+,45-,46-,47-,48-,49-,50+,51+,52-,53+,54+,55+,57-,58-,59+,60+/m1/s1. The summed E-state index contributed by atoms with van der Waals surface area (Å²) in [5.74, 6) is -0.715. The van der Waals surface area contributed by atoms with E-state index >= 15 is 0 Å². The molecule has 5 heterocycles. The van der Waals surface area contributed by atoms with Gasteiger partial charge in [0, 0.05) is 0 Å². The van der Waals surface area contributed by atoms with Crippen LogP contribution in [0.4, 0.5) is 0 Å². The molecule has 35 atom stereocenters. The van der Waals surface area contributed by atoms with Crippen LogP contribution in [0.5, 0.6) is 0 Å². The Bertz CT molecular complexity index is 2320. The maximum Gasteiger partial charge on any atom is 0.187 e. The molecule has 0 unspecified atom stereocenters. The van der Waals surface area contributed by atoms with Gasteiger partial charge in [-0.15, -0.1) is 0 Å². The molecule has 0 aromatic carbocycles. The van der Waals surface area contributed by atoms with Gasteiger partial charge in [-0.3, -0.25) is 0 Å². The lowest BCUT2D eigenvalue weighted by atomic mass is 9.35. The first-order valence-corrected chi connectivity index (χ1v) is 31.4. The fraction of sp³-hybridized carbons (Fsp3) is 0.967. The van der Waals surface area contributed by atoms with Gasteiger partial charge in [0.05, 0.1) is 50.8 Å². The average Bonchev–Trinajstić information content (AvgIpc) is 1.24. The summed E-state index contributed by atoms with van der Waals surface area (Å²) in [6, 6.07) is 0. The van der Waals surface area contributed by atoms with Gasteiger partial charge >= 0.3 is 0 Å². The zero-order valence-electron chi connectivity index (χ0n) is 51.5.